The van der Waals surface area contributed by atoms with Crippen LogP contribution >= 0.6 is 0 Å². The molecule has 2 aromatic carbocycles. The standard InChI is InChI=1S/C22H24N4O3/c1-4-28-18-11-9-16(10-12-18)15(3)23-26-22(27)21-14-20(24-25-21)17-7-6-8-19(13-17)29-5-2/h6-14H,4-5H2,1-3H3,(H,24,25)(H,26,27). The molecule has 7 nitrogen and oxygen atoms in total. The molecule has 7 heteroatoms. The van der Waals surface area contributed by atoms with Crippen molar-refractivity contribution in [3.05, 3.63) is 65.9 Å². The fourth-order valence-corrected chi connectivity index (χ4v) is 2.72. The minimum Gasteiger partial charge on any atom is -0.494 e. The summed E-state index contributed by atoms with van der Waals surface area (Å²) in [6, 6.07) is 16.8. The van der Waals surface area contributed by atoms with Crippen molar-refractivity contribution in [3.8, 4) is 22.8 Å². The van der Waals surface area contributed by atoms with Crippen molar-refractivity contribution >= 4 is 11.6 Å². The summed E-state index contributed by atoms with van der Waals surface area (Å²) in [5, 5.41) is 11.1. The van der Waals surface area contributed by atoms with Gasteiger partial charge in [-0.15, -0.1) is 0 Å². The summed E-state index contributed by atoms with van der Waals surface area (Å²) in [5.41, 5.74) is 5.98. The normalized spacial score (nSPS) is 11.2. The second-order valence-corrected chi connectivity index (χ2v) is 6.22. The molecule has 29 heavy (non-hydrogen) atoms. The average molecular weight is 392 g/mol. The van der Waals surface area contributed by atoms with Crippen molar-refractivity contribution in [2.24, 2.45) is 5.10 Å². The first kappa shape index (κ1) is 20.1. The third-order valence-corrected chi connectivity index (χ3v) is 4.17. The van der Waals surface area contributed by atoms with Crippen LogP contribution in [0.1, 0.15) is 36.8 Å². The van der Waals surface area contributed by atoms with Gasteiger partial charge in [0, 0.05) is 5.56 Å². The number of hydrogen-bond acceptors (Lipinski definition) is 5. The molecule has 3 aromatic rings. The average Bonchev–Trinajstić information content (AvgIpc) is 3.23. The molecule has 0 spiro atoms. The fourth-order valence-electron chi connectivity index (χ4n) is 2.72. The second kappa shape index (κ2) is 9.54. The fraction of sp³-hybridized carbons (Fsp3) is 0.227. The molecule has 0 aliphatic heterocycles. The minimum atomic E-state index is -0.366. The van der Waals surface area contributed by atoms with Crippen molar-refractivity contribution in [3.63, 3.8) is 0 Å². The van der Waals surface area contributed by atoms with Gasteiger partial charge in [-0.3, -0.25) is 9.89 Å². The van der Waals surface area contributed by atoms with Crippen LogP contribution < -0.4 is 14.9 Å². The highest BCUT2D eigenvalue weighted by Crippen LogP contribution is 2.22. The van der Waals surface area contributed by atoms with Gasteiger partial charge in [-0.2, -0.15) is 10.2 Å². The summed E-state index contributed by atoms with van der Waals surface area (Å²) in [4.78, 5) is 12.4. The molecular formula is C22H24N4O3. The van der Waals surface area contributed by atoms with Crippen molar-refractivity contribution in [2.75, 3.05) is 13.2 Å². The number of aromatic nitrogens is 2. The highest BCUT2D eigenvalue weighted by Gasteiger charge is 2.11. The van der Waals surface area contributed by atoms with Gasteiger partial charge in [0.2, 0.25) is 0 Å². The first-order valence-electron chi connectivity index (χ1n) is 9.47. The molecule has 3 rings (SSSR count). The van der Waals surface area contributed by atoms with Gasteiger partial charge in [-0.05, 0) is 68.8 Å². The SMILES string of the molecule is CCOc1ccc(C(C)=NNC(=O)c2cc(-c3cccc(OCC)c3)n[nH]2)cc1. The van der Waals surface area contributed by atoms with E-state index in [0.29, 0.717) is 30.3 Å². The van der Waals surface area contributed by atoms with Gasteiger partial charge in [0.1, 0.15) is 17.2 Å². The molecule has 0 unspecified atom stereocenters. The number of rotatable bonds is 8. The van der Waals surface area contributed by atoms with Crippen LogP contribution in [0.25, 0.3) is 11.3 Å². The van der Waals surface area contributed by atoms with Crippen molar-refractivity contribution in [1.29, 1.82) is 0 Å². The summed E-state index contributed by atoms with van der Waals surface area (Å²) >= 11 is 0. The van der Waals surface area contributed by atoms with Gasteiger partial charge in [-0.25, -0.2) is 5.43 Å². The molecule has 0 saturated carbocycles. The summed E-state index contributed by atoms with van der Waals surface area (Å²) in [5.74, 6) is 1.19. The number of ether oxygens (including phenoxy) is 2. The first-order valence-corrected chi connectivity index (χ1v) is 9.47. The second-order valence-electron chi connectivity index (χ2n) is 6.22. The van der Waals surface area contributed by atoms with E-state index in [1.807, 2.05) is 69.3 Å². The van der Waals surface area contributed by atoms with E-state index in [4.69, 9.17) is 9.47 Å². The number of carbonyl (C=O) groups excluding carboxylic acids is 1. The molecule has 0 saturated heterocycles. The predicted molar refractivity (Wildman–Crippen MR) is 112 cm³/mol. The Labute approximate surface area is 169 Å². The van der Waals surface area contributed by atoms with Crippen LogP contribution in [-0.2, 0) is 0 Å². The lowest BCUT2D eigenvalue weighted by Crippen LogP contribution is -2.19. The molecule has 0 fully saturated rings. The molecule has 1 amide bonds. The van der Waals surface area contributed by atoms with Crippen LogP contribution in [-0.4, -0.2) is 35.0 Å². The Morgan fingerprint density at radius 2 is 1.76 bits per heavy atom. The largest absolute Gasteiger partial charge is 0.494 e. The highest BCUT2D eigenvalue weighted by molar-refractivity contribution is 6.00. The molecule has 0 bridgehead atoms. The molecule has 0 atom stereocenters. The Balaban J connectivity index is 1.67. The molecule has 150 valence electrons. The van der Waals surface area contributed by atoms with E-state index < -0.39 is 0 Å². The molecule has 2 N–H and O–H groups in total. The summed E-state index contributed by atoms with van der Waals surface area (Å²) in [6.45, 7) is 6.90. The summed E-state index contributed by atoms with van der Waals surface area (Å²) in [7, 11) is 0. The smallest absolute Gasteiger partial charge is 0.289 e. The maximum atomic E-state index is 12.4. The van der Waals surface area contributed by atoms with Crippen LogP contribution in [0.5, 0.6) is 11.5 Å². The lowest BCUT2D eigenvalue weighted by Gasteiger charge is -2.05. The molecule has 1 heterocycles. The highest BCUT2D eigenvalue weighted by atomic mass is 16.5. The number of benzene rings is 2. The quantitative estimate of drug-likeness (QED) is 0.447. The van der Waals surface area contributed by atoms with Crippen LogP contribution in [0.2, 0.25) is 0 Å². The van der Waals surface area contributed by atoms with E-state index in [0.717, 1.165) is 22.6 Å². The van der Waals surface area contributed by atoms with Crippen molar-refractivity contribution in [1.82, 2.24) is 15.6 Å². The molecule has 0 radical (unpaired) electrons. The number of hydrazone groups is 1. The Morgan fingerprint density at radius 1 is 1.03 bits per heavy atom. The number of H-pyrrole nitrogens is 1. The zero-order valence-electron chi connectivity index (χ0n) is 16.7. The number of carbonyl (C=O) groups is 1. The predicted octanol–water partition coefficient (Wildman–Crippen LogP) is 4.03. The van der Waals surface area contributed by atoms with Gasteiger partial charge < -0.3 is 9.47 Å². The number of nitrogens with one attached hydrogen (secondary N) is 2. The Hall–Kier alpha value is -3.61. The van der Waals surface area contributed by atoms with E-state index >= 15 is 0 Å². The Kier molecular flexibility index (Phi) is 6.63. The van der Waals surface area contributed by atoms with Gasteiger partial charge in [-0.1, -0.05) is 12.1 Å². The van der Waals surface area contributed by atoms with E-state index in [1.165, 1.54) is 0 Å². The zero-order valence-corrected chi connectivity index (χ0v) is 16.7. The van der Waals surface area contributed by atoms with Crippen molar-refractivity contribution in [2.45, 2.75) is 20.8 Å². The van der Waals surface area contributed by atoms with Crippen LogP contribution in [0, 0.1) is 0 Å². The number of amides is 1. The van der Waals surface area contributed by atoms with Crippen LogP contribution in [0.4, 0.5) is 0 Å². The van der Waals surface area contributed by atoms with Gasteiger partial charge in [0.05, 0.1) is 24.6 Å². The monoisotopic (exact) mass is 392 g/mol. The molecule has 1 aromatic heterocycles. The topological polar surface area (TPSA) is 88.6 Å². The summed E-state index contributed by atoms with van der Waals surface area (Å²) in [6.07, 6.45) is 0. The zero-order chi connectivity index (χ0) is 20.6. The third-order valence-electron chi connectivity index (χ3n) is 4.17. The lowest BCUT2D eigenvalue weighted by molar-refractivity contribution is 0.0950. The third kappa shape index (κ3) is 5.22. The van der Waals surface area contributed by atoms with E-state index in [1.54, 1.807) is 6.07 Å². The lowest BCUT2D eigenvalue weighted by atomic mass is 10.1. The maximum Gasteiger partial charge on any atom is 0.289 e. The molecule has 0 aliphatic carbocycles. The van der Waals surface area contributed by atoms with Gasteiger partial charge in [0.25, 0.3) is 5.91 Å². The minimum absolute atomic E-state index is 0.324. The van der Waals surface area contributed by atoms with Crippen LogP contribution in [0.3, 0.4) is 0 Å². The molecule has 0 aliphatic rings. The van der Waals surface area contributed by atoms with E-state index in [-0.39, 0.29) is 5.91 Å². The van der Waals surface area contributed by atoms with Gasteiger partial charge in [0.15, 0.2) is 0 Å². The van der Waals surface area contributed by atoms with E-state index in [2.05, 4.69) is 20.7 Å². The first-order chi connectivity index (χ1) is 14.1. The molecular weight excluding hydrogens is 368 g/mol. The number of hydrogen-bond donors (Lipinski definition) is 2. The Morgan fingerprint density at radius 3 is 2.48 bits per heavy atom. The van der Waals surface area contributed by atoms with Crippen LogP contribution in [0.15, 0.2) is 59.7 Å². The summed E-state index contributed by atoms with van der Waals surface area (Å²) < 4.78 is 10.9. The van der Waals surface area contributed by atoms with E-state index in [9.17, 15) is 4.79 Å². The number of aromatic amines is 1. The maximum absolute atomic E-state index is 12.4. The number of nitrogens with zero attached hydrogens (tertiary/aromatic N) is 2. The van der Waals surface area contributed by atoms with Crippen molar-refractivity contribution < 1.29 is 14.3 Å². The van der Waals surface area contributed by atoms with Gasteiger partial charge >= 0.3 is 0 Å². The Bertz CT molecular complexity index is 993.